The summed E-state index contributed by atoms with van der Waals surface area (Å²) in [7, 11) is 0. The van der Waals surface area contributed by atoms with Gasteiger partial charge in [0.25, 0.3) is 5.91 Å². The van der Waals surface area contributed by atoms with Crippen LogP contribution < -0.4 is 5.32 Å². The summed E-state index contributed by atoms with van der Waals surface area (Å²) in [5.74, 6) is -0.448. The molecule has 0 aliphatic carbocycles. The average molecular weight is 374 g/mol. The molecule has 6 heteroatoms. The van der Waals surface area contributed by atoms with Gasteiger partial charge in [0.1, 0.15) is 17.2 Å². The molecule has 4 aromatic rings. The number of pyridine rings is 2. The largest absolute Gasteiger partial charge is 0.350 e. The maximum atomic E-state index is 13.5. The standard InChI is InChI=1S/C22H19FN4O/c1-15-12-16(5-7-19(15)23)17-6-8-21-26-20(14-27(21)13-17)22(28)25-11-9-18-4-2-3-10-24-18/h2-8,10,12-14H,9,11H2,1H3,(H,25,28). The van der Waals surface area contributed by atoms with Gasteiger partial charge in [0.05, 0.1) is 0 Å². The number of carbonyl (C=O) groups excluding carboxylic acids is 1. The fourth-order valence-corrected chi connectivity index (χ4v) is 3.04. The van der Waals surface area contributed by atoms with Crippen LogP contribution in [0, 0.1) is 12.7 Å². The first-order valence-electron chi connectivity index (χ1n) is 9.03. The monoisotopic (exact) mass is 374 g/mol. The molecule has 0 spiro atoms. The van der Waals surface area contributed by atoms with Crippen molar-refractivity contribution in [1.29, 1.82) is 0 Å². The highest BCUT2D eigenvalue weighted by molar-refractivity contribution is 5.92. The van der Waals surface area contributed by atoms with Crippen molar-refractivity contribution >= 4 is 11.6 Å². The van der Waals surface area contributed by atoms with Crippen LogP contribution in [0.2, 0.25) is 0 Å². The number of rotatable bonds is 5. The molecule has 28 heavy (non-hydrogen) atoms. The zero-order valence-corrected chi connectivity index (χ0v) is 15.4. The number of hydrogen-bond acceptors (Lipinski definition) is 3. The third-order valence-electron chi connectivity index (χ3n) is 4.57. The molecule has 3 heterocycles. The van der Waals surface area contributed by atoms with Gasteiger partial charge in [-0.05, 0) is 60.0 Å². The van der Waals surface area contributed by atoms with Crippen LogP contribution in [-0.4, -0.2) is 26.8 Å². The minimum absolute atomic E-state index is 0.223. The molecule has 0 fully saturated rings. The van der Waals surface area contributed by atoms with Crippen molar-refractivity contribution in [3.63, 3.8) is 0 Å². The Morgan fingerprint density at radius 2 is 1.96 bits per heavy atom. The first-order chi connectivity index (χ1) is 13.6. The highest BCUT2D eigenvalue weighted by atomic mass is 19.1. The molecule has 0 radical (unpaired) electrons. The molecule has 0 unspecified atom stereocenters. The van der Waals surface area contributed by atoms with Gasteiger partial charge >= 0.3 is 0 Å². The number of hydrogen-bond donors (Lipinski definition) is 1. The second-order valence-corrected chi connectivity index (χ2v) is 6.60. The zero-order chi connectivity index (χ0) is 19.5. The summed E-state index contributed by atoms with van der Waals surface area (Å²) in [5, 5.41) is 2.87. The molecule has 0 saturated heterocycles. The summed E-state index contributed by atoms with van der Waals surface area (Å²) in [6, 6.07) is 14.5. The van der Waals surface area contributed by atoms with Crippen molar-refractivity contribution in [3.8, 4) is 11.1 Å². The Labute approximate surface area is 161 Å². The van der Waals surface area contributed by atoms with E-state index in [1.54, 1.807) is 31.5 Å². The summed E-state index contributed by atoms with van der Waals surface area (Å²) in [6.45, 7) is 2.23. The Bertz CT molecular complexity index is 1140. The van der Waals surface area contributed by atoms with Crippen LogP contribution in [0.5, 0.6) is 0 Å². The van der Waals surface area contributed by atoms with Crippen LogP contribution in [0.3, 0.4) is 0 Å². The van der Waals surface area contributed by atoms with Gasteiger partial charge in [0.2, 0.25) is 0 Å². The average Bonchev–Trinajstić information content (AvgIpc) is 3.14. The fraction of sp³-hybridized carbons (Fsp3) is 0.136. The molecule has 5 nitrogen and oxygen atoms in total. The van der Waals surface area contributed by atoms with Crippen molar-refractivity contribution < 1.29 is 9.18 Å². The van der Waals surface area contributed by atoms with Crippen LogP contribution in [0.25, 0.3) is 16.8 Å². The van der Waals surface area contributed by atoms with Crippen molar-refractivity contribution in [1.82, 2.24) is 19.7 Å². The highest BCUT2D eigenvalue weighted by Crippen LogP contribution is 2.22. The number of amides is 1. The van der Waals surface area contributed by atoms with E-state index in [2.05, 4.69) is 15.3 Å². The molecular weight excluding hydrogens is 355 g/mol. The predicted octanol–water partition coefficient (Wildman–Crippen LogP) is 3.82. The number of benzene rings is 1. The summed E-state index contributed by atoms with van der Waals surface area (Å²) in [4.78, 5) is 21.0. The molecule has 0 saturated carbocycles. The summed E-state index contributed by atoms with van der Waals surface area (Å²) >= 11 is 0. The summed E-state index contributed by atoms with van der Waals surface area (Å²) in [5.41, 5.74) is 4.39. The second-order valence-electron chi connectivity index (χ2n) is 6.60. The topological polar surface area (TPSA) is 59.3 Å². The summed E-state index contributed by atoms with van der Waals surface area (Å²) < 4.78 is 15.3. The quantitative estimate of drug-likeness (QED) is 0.578. The van der Waals surface area contributed by atoms with Crippen molar-refractivity contribution in [2.75, 3.05) is 6.54 Å². The van der Waals surface area contributed by atoms with E-state index in [4.69, 9.17) is 0 Å². The number of aromatic nitrogens is 3. The zero-order valence-electron chi connectivity index (χ0n) is 15.4. The van der Waals surface area contributed by atoms with E-state index < -0.39 is 0 Å². The van der Waals surface area contributed by atoms with Crippen molar-refractivity contribution in [2.24, 2.45) is 0 Å². The third kappa shape index (κ3) is 3.76. The van der Waals surface area contributed by atoms with E-state index in [0.29, 0.717) is 29.9 Å². The Hall–Kier alpha value is -3.54. The van der Waals surface area contributed by atoms with Crippen LogP contribution in [0.1, 0.15) is 21.7 Å². The lowest BCUT2D eigenvalue weighted by molar-refractivity contribution is 0.0949. The number of nitrogens with one attached hydrogen (secondary N) is 1. The van der Waals surface area contributed by atoms with Gasteiger partial charge in [-0.2, -0.15) is 0 Å². The smallest absolute Gasteiger partial charge is 0.271 e. The Kier molecular flexibility index (Phi) is 4.85. The normalized spacial score (nSPS) is 10.9. The lowest BCUT2D eigenvalue weighted by atomic mass is 10.1. The van der Waals surface area contributed by atoms with Gasteiger partial charge in [-0.25, -0.2) is 9.37 Å². The minimum Gasteiger partial charge on any atom is -0.350 e. The molecule has 1 N–H and O–H groups in total. The number of halogens is 1. The van der Waals surface area contributed by atoms with E-state index >= 15 is 0 Å². The van der Waals surface area contributed by atoms with Crippen LogP contribution in [0.15, 0.2) is 67.1 Å². The molecule has 1 amide bonds. The van der Waals surface area contributed by atoms with E-state index in [0.717, 1.165) is 16.8 Å². The van der Waals surface area contributed by atoms with E-state index in [1.165, 1.54) is 6.07 Å². The van der Waals surface area contributed by atoms with Gasteiger partial charge in [-0.3, -0.25) is 9.78 Å². The highest BCUT2D eigenvalue weighted by Gasteiger charge is 2.11. The molecule has 1 aromatic carbocycles. The van der Waals surface area contributed by atoms with E-state index in [1.807, 2.05) is 40.9 Å². The van der Waals surface area contributed by atoms with Gasteiger partial charge in [-0.15, -0.1) is 0 Å². The minimum atomic E-state index is -0.225. The Morgan fingerprint density at radius 1 is 1.11 bits per heavy atom. The SMILES string of the molecule is Cc1cc(-c2ccc3nc(C(=O)NCCc4ccccn4)cn3c2)ccc1F. The lowest BCUT2D eigenvalue weighted by Crippen LogP contribution is -2.26. The molecule has 0 aliphatic rings. The van der Waals surface area contributed by atoms with Gasteiger partial charge in [-0.1, -0.05) is 12.1 Å². The molecular formula is C22H19FN4O. The number of nitrogens with zero attached hydrogens (tertiary/aromatic N) is 3. The van der Waals surface area contributed by atoms with Gasteiger partial charge < -0.3 is 9.72 Å². The third-order valence-corrected chi connectivity index (χ3v) is 4.57. The van der Waals surface area contributed by atoms with Gasteiger partial charge in [0.15, 0.2) is 0 Å². The van der Waals surface area contributed by atoms with Crippen LogP contribution in [0.4, 0.5) is 4.39 Å². The summed E-state index contributed by atoms with van der Waals surface area (Å²) in [6.07, 6.45) is 5.98. The molecule has 3 aromatic heterocycles. The van der Waals surface area contributed by atoms with Crippen molar-refractivity contribution in [2.45, 2.75) is 13.3 Å². The molecule has 4 rings (SSSR count). The van der Waals surface area contributed by atoms with E-state index in [-0.39, 0.29) is 11.7 Å². The molecule has 0 atom stereocenters. The maximum absolute atomic E-state index is 13.5. The lowest BCUT2D eigenvalue weighted by Gasteiger charge is -2.04. The van der Waals surface area contributed by atoms with Crippen LogP contribution >= 0.6 is 0 Å². The first kappa shape index (κ1) is 17.9. The number of fused-ring (bicyclic) bond motifs is 1. The molecule has 0 bridgehead atoms. The fourth-order valence-electron chi connectivity index (χ4n) is 3.04. The first-order valence-corrected chi connectivity index (χ1v) is 9.03. The number of carbonyl (C=O) groups is 1. The van der Waals surface area contributed by atoms with Crippen molar-refractivity contribution in [3.05, 3.63) is 89.9 Å². The van der Waals surface area contributed by atoms with Gasteiger partial charge in [0, 0.05) is 37.3 Å². The van der Waals surface area contributed by atoms with E-state index in [9.17, 15) is 9.18 Å². The number of aryl methyl sites for hydroxylation is 1. The second kappa shape index (κ2) is 7.60. The predicted molar refractivity (Wildman–Crippen MR) is 106 cm³/mol. The Morgan fingerprint density at radius 3 is 2.75 bits per heavy atom. The molecule has 0 aliphatic heterocycles. The van der Waals surface area contributed by atoms with Crippen LogP contribution in [-0.2, 0) is 6.42 Å². The maximum Gasteiger partial charge on any atom is 0.271 e. The number of imidazole rings is 1. The Balaban J connectivity index is 1.49. The molecule has 140 valence electrons.